The smallest absolute Gasteiger partial charge is 0.228 e. The van der Waals surface area contributed by atoms with Crippen molar-refractivity contribution < 1.29 is 13.2 Å². The Kier molecular flexibility index (Phi) is 6.57. The number of rotatable bonds is 7. The number of anilines is 1. The number of nitrogens with one attached hydrogen (secondary N) is 1. The number of hydrogen-bond donors (Lipinski definition) is 1. The highest BCUT2D eigenvalue weighted by Gasteiger charge is 2.16. The zero-order chi connectivity index (χ0) is 24.5. The molecule has 1 heterocycles. The lowest BCUT2D eigenvalue weighted by Gasteiger charge is -2.14. The van der Waals surface area contributed by atoms with Crippen molar-refractivity contribution >= 4 is 32.5 Å². The summed E-state index contributed by atoms with van der Waals surface area (Å²) in [6.45, 7) is 7.98. The van der Waals surface area contributed by atoms with Gasteiger partial charge < -0.3 is 9.88 Å². The fourth-order valence-corrected chi connectivity index (χ4v) is 4.89. The Balaban J connectivity index is 1.49. The highest BCUT2D eigenvalue weighted by atomic mass is 32.2. The molecule has 0 aliphatic carbocycles. The van der Waals surface area contributed by atoms with Crippen LogP contribution in [0.3, 0.4) is 0 Å². The molecule has 7 heteroatoms. The summed E-state index contributed by atoms with van der Waals surface area (Å²) in [5.41, 5.74) is 5.70. The van der Waals surface area contributed by atoms with Gasteiger partial charge in [0.15, 0.2) is 9.84 Å². The van der Waals surface area contributed by atoms with Crippen LogP contribution < -0.4 is 5.32 Å². The van der Waals surface area contributed by atoms with Crippen LogP contribution in [0.1, 0.15) is 37.9 Å². The zero-order valence-corrected chi connectivity index (χ0v) is 20.7. The minimum Gasteiger partial charge on any atom is -0.326 e. The van der Waals surface area contributed by atoms with Crippen LogP contribution in [0.25, 0.3) is 22.4 Å². The summed E-state index contributed by atoms with van der Waals surface area (Å²) in [4.78, 5) is 17.7. The fourth-order valence-electron chi connectivity index (χ4n) is 4.00. The molecule has 0 fully saturated rings. The Morgan fingerprint density at radius 3 is 2.29 bits per heavy atom. The largest absolute Gasteiger partial charge is 0.326 e. The number of fused-ring (bicyclic) bond motifs is 1. The second-order valence-corrected chi connectivity index (χ2v) is 11.0. The molecule has 0 unspecified atom stereocenters. The van der Waals surface area contributed by atoms with Crippen LogP contribution in [0.5, 0.6) is 0 Å². The molecule has 3 aromatic carbocycles. The van der Waals surface area contributed by atoms with Gasteiger partial charge in [0.25, 0.3) is 0 Å². The molecule has 4 aromatic rings. The van der Waals surface area contributed by atoms with Crippen molar-refractivity contribution in [3.8, 4) is 11.4 Å². The molecule has 0 saturated heterocycles. The second-order valence-electron chi connectivity index (χ2n) is 8.74. The molecule has 0 bridgehead atoms. The first kappa shape index (κ1) is 23.7. The lowest BCUT2D eigenvalue weighted by molar-refractivity contribution is -0.115. The summed E-state index contributed by atoms with van der Waals surface area (Å²) in [6.07, 6.45) is 0.163. The van der Waals surface area contributed by atoms with Gasteiger partial charge >= 0.3 is 0 Å². The number of aryl methyl sites for hydroxylation is 1. The van der Waals surface area contributed by atoms with Crippen LogP contribution in [0.15, 0.2) is 71.6 Å². The molecule has 176 valence electrons. The molecule has 0 saturated carbocycles. The summed E-state index contributed by atoms with van der Waals surface area (Å²) >= 11 is 0. The minimum atomic E-state index is -3.25. The van der Waals surface area contributed by atoms with Crippen LogP contribution in [0.2, 0.25) is 0 Å². The number of amides is 1. The van der Waals surface area contributed by atoms with Gasteiger partial charge in [0.1, 0.15) is 5.82 Å². The third-order valence-electron chi connectivity index (χ3n) is 5.82. The van der Waals surface area contributed by atoms with E-state index in [2.05, 4.69) is 42.8 Å². The first-order chi connectivity index (χ1) is 16.2. The monoisotopic (exact) mass is 475 g/mol. The normalized spacial score (nSPS) is 11.8. The molecule has 6 nitrogen and oxygen atoms in total. The molecular weight excluding hydrogens is 446 g/mol. The first-order valence-electron chi connectivity index (χ1n) is 11.4. The summed E-state index contributed by atoms with van der Waals surface area (Å²) in [5.74, 6) is 0.787. The lowest BCUT2D eigenvalue weighted by atomic mass is 10.1. The second kappa shape index (κ2) is 9.43. The van der Waals surface area contributed by atoms with E-state index in [0.29, 0.717) is 5.69 Å². The summed E-state index contributed by atoms with van der Waals surface area (Å²) < 4.78 is 26.1. The van der Waals surface area contributed by atoms with Crippen LogP contribution in [-0.2, 0) is 21.1 Å². The highest BCUT2D eigenvalue weighted by molar-refractivity contribution is 7.91. The van der Waals surface area contributed by atoms with Gasteiger partial charge in [-0.2, -0.15) is 0 Å². The minimum absolute atomic E-state index is 0.0515. The Morgan fingerprint density at radius 2 is 1.68 bits per heavy atom. The maximum Gasteiger partial charge on any atom is 0.228 e. The number of aromatic nitrogens is 2. The standard InChI is InChI=1S/C27H29N3O3S/c1-5-34(32,33)23-13-7-20(8-14-23)17-26(31)28-22-11-9-21(10-12-22)27-29-24-15-6-19(4)16-25(24)30(27)18(2)3/h6-16,18H,5,17H2,1-4H3,(H,28,31). The number of benzene rings is 3. The molecule has 0 aliphatic heterocycles. The van der Waals surface area contributed by atoms with E-state index in [-0.39, 0.29) is 29.0 Å². The van der Waals surface area contributed by atoms with Crippen LogP contribution in [0.4, 0.5) is 5.69 Å². The van der Waals surface area contributed by atoms with Crippen LogP contribution in [-0.4, -0.2) is 29.6 Å². The van der Waals surface area contributed by atoms with Crippen molar-refractivity contribution in [2.75, 3.05) is 11.1 Å². The summed E-state index contributed by atoms with van der Waals surface area (Å²) in [5, 5.41) is 2.91. The first-order valence-corrected chi connectivity index (χ1v) is 13.0. The SMILES string of the molecule is CCS(=O)(=O)c1ccc(CC(=O)Nc2ccc(-c3nc4ccc(C)cc4n3C(C)C)cc2)cc1. The molecule has 1 aromatic heterocycles. The number of hydrogen-bond acceptors (Lipinski definition) is 4. The molecule has 4 rings (SSSR count). The molecule has 1 amide bonds. The number of nitrogens with zero attached hydrogens (tertiary/aromatic N) is 2. The summed E-state index contributed by atoms with van der Waals surface area (Å²) in [7, 11) is -3.25. The van der Waals surface area contributed by atoms with Crippen molar-refractivity contribution in [2.24, 2.45) is 0 Å². The van der Waals surface area contributed by atoms with Crippen molar-refractivity contribution in [1.82, 2.24) is 9.55 Å². The van der Waals surface area contributed by atoms with Crippen LogP contribution in [0, 0.1) is 6.92 Å². The van der Waals surface area contributed by atoms with E-state index in [9.17, 15) is 13.2 Å². The maximum absolute atomic E-state index is 12.5. The van der Waals surface area contributed by atoms with Gasteiger partial charge in [-0.25, -0.2) is 13.4 Å². The van der Waals surface area contributed by atoms with Gasteiger partial charge in [-0.1, -0.05) is 25.1 Å². The van der Waals surface area contributed by atoms with Crippen molar-refractivity contribution in [3.63, 3.8) is 0 Å². The number of carbonyl (C=O) groups is 1. The molecule has 34 heavy (non-hydrogen) atoms. The third-order valence-corrected chi connectivity index (χ3v) is 7.57. The van der Waals surface area contributed by atoms with E-state index in [1.165, 1.54) is 5.56 Å². The van der Waals surface area contributed by atoms with E-state index in [1.54, 1.807) is 31.2 Å². The molecular formula is C27H29N3O3S. The zero-order valence-electron chi connectivity index (χ0n) is 19.9. The average molecular weight is 476 g/mol. The van der Waals surface area contributed by atoms with E-state index in [1.807, 2.05) is 30.3 Å². The molecule has 0 atom stereocenters. The molecule has 1 N–H and O–H groups in total. The molecule has 0 radical (unpaired) electrons. The van der Waals surface area contributed by atoms with Gasteiger partial charge in [0, 0.05) is 17.3 Å². The topological polar surface area (TPSA) is 81.1 Å². The Hall–Kier alpha value is -3.45. The molecule has 0 aliphatic rings. The van der Waals surface area contributed by atoms with E-state index >= 15 is 0 Å². The Bertz CT molecular complexity index is 1440. The lowest BCUT2D eigenvalue weighted by Crippen LogP contribution is -2.14. The fraction of sp³-hybridized carbons (Fsp3) is 0.259. The molecule has 0 spiro atoms. The Morgan fingerprint density at radius 1 is 1.00 bits per heavy atom. The van der Waals surface area contributed by atoms with Crippen LogP contribution >= 0.6 is 0 Å². The van der Waals surface area contributed by atoms with Gasteiger partial charge in [-0.05, 0) is 80.4 Å². The quantitative estimate of drug-likeness (QED) is 0.379. The Labute approximate surface area is 200 Å². The van der Waals surface area contributed by atoms with E-state index in [4.69, 9.17) is 4.98 Å². The number of carbonyl (C=O) groups excluding carboxylic acids is 1. The maximum atomic E-state index is 12.5. The van der Waals surface area contributed by atoms with Gasteiger partial charge in [-0.3, -0.25) is 4.79 Å². The van der Waals surface area contributed by atoms with Crippen molar-refractivity contribution in [3.05, 3.63) is 77.9 Å². The van der Waals surface area contributed by atoms with Crippen molar-refractivity contribution in [2.45, 2.75) is 45.1 Å². The third kappa shape index (κ3) is 4.89. The summed E-state index contributed by atoms with van der Waals surface area (Å²) in [6, 6.07) is 20.7. The van der Waals surface area contributed by atoms with Gasteiger partial charge in [-0.15, -0.1) is 0 Å². The average Bonchev–Trinajstić information content (AvgIpc) is 3.18. The number of imidazole rings is 1. The van der Waals surface area contributed by atoms with E-state index in [0.717, 1.165) is 28.0 Å². The van der Waals surface area contributed by atoms with E-state index < -0.39 is 9.84 Å². The predicted molar refractivity (Wildman–Crippen MR) is 137 cm³/mol. The van der Waals surface area contributed by atoms with Gasteiger partial charge in [0.05, 0.1) is 28.1 Å². The predicted octanol–water partition coefficient (Wildman–Crippen LogP) is 5.57. The number of sulfone groups is 1. The van der Waals surface area contributed by atoms with Gasteiger partial charge in [0.2, 0.25) is 5.91 Å². The van der Waals surface area contributed by atoms with Crippen molar-refractivity contribution in [1.29, 1.82) is 0 Å². The highest BCUT2D eigenvalue weighted by Crippen LogP contribution is 2.29.